The quantitative estimate of drug-likeness (QED) is 0.255. The summed E-state index contributed by atoms with van der Waals surface area (Å²) in [4.78, 5) is 12.3. The minimum absolute atomic E-state index is 0.268. The van der Waals surface area contributed by atoms with Crippen LogP contribution in [0.25, 0.3) is 0 Å². The number of alkyl halides is 1. The van der Waals surface area contributed by atoms with Crippen molar-refractivity contribution in [1.82, 2.24) is 0 Å². The number of ether oxygens (including phenoxy) is 1. The molecule has 3 saturated carbocycles. The van der Waals surface area contributed by atoms with Crippen LogP contribution in [-0.4, -0.2) is 23.8 Å². The van der Waals surface area contributed by atoms with E-state index >= 15 is 0 Å². The van der Waals surface area contributed by atoms with Gasteiger partial charge in [-0.1, -0.05) is 41.4 Å². The van der Waals surface area contributed by atoms with Crippen LogP contribution in [0, 0.1) is 34.5 Å². The van der Waals surface area contributed by atoms with Gasteiger partial charge in [0, 0.05) is 17.9 Å². The number of halogens is 1. The summed E-state index contributed by atoms with van der Waals surface area (Å²) in [6.45, 7) is 7.77. The van der Waals surface area contributed by atoms with Crippen LogP contribution < -0.4 is 0 Å². The molecule has 1 unspecified atom stereocenters. The summed E-state index contributed by atoms with van der Waals surface area (Å²) in [6.07, 6.45) is 15.4. The molecule has 0 aromatic rings. The van der Waals surface area contributed by atoms with Crippen molar-refractivity contribution in [3.8, 4) is 0 Å². The van der Waals surface area contributed by atoms with Crippen LogP contribution in [0.15, 0.2) is 11.6 Å². The van der Waals surface area contributed by atoms with Crippen LogP contribution in [0.2, 0.25) is 0 Å². The molecule has 28 heavy (non-hydrogen) atoms. The molecule has 0 aromatic heterocycles. The van der Waals surface area contributed by atoms with E-state index in [2.05, 4.69) is 35.9 Å². The Labute approximate surface area is 180 Å². The van der Waals surface area contributed by atoms with Gasteiger partial charge in [0.15, 0.2) is 0 Å². The van der Waals surface area contributed by atoms with Crippen molar-refractivity contribution in [3.05, 3.63) is 11.6 Å². The standard InChI is InChI=1S/C25H39BrO2/c1-17(27)21-8-9-22-20-7-6-18-16-19(28-15-5-4-14-26)10-12-24(18,2)23(20)11-13-25(21,22)3/h6,19-23H,4-5,7-16H2,1-3H3/t19?,20-,21+,22-,23-,24-,25+/m0/s1. The molecule has 0 N–H and O–H groups in total. The van der Waals surface area contributed by atoms with Crippen molar-refractivity contribution in [2.45, 2.75) is 91.1 Å². The number of ketones is 1. The van der Waals surface area contributed by atoms with Crippen LogP contribution in [0.5, 0.6) is 0 Å². The molecule has 0 heterocycles. The Balaban J connectivity index is 1.47. The maximum absolute atomic E-state index is 12.3. The van der Waals surface area contributed by atoms with Gasteiger partial charge in [-0.3, -0.25) is 4.79 Å². The van der Waals surface area contributed by atoms with Gasteiger partial charge >= 0.3 is 0 Å². The van der Waals surface area contributed by atoms with Gasteiger partial charge < -0.3 is 4.74 Å². The first-order valence-corrected chi connectivity index (χ1v) is 12.9. The molecular formula is C25H39BrO2. The van der Waals surface area contributed by atoms with Crippen molar-refractivity contribution < 1.29 is 9.53 Å². The van der Waals surface area contributed by atoms with Crippen LogP contribution in [0.3, 0.4) is 0 Å². The fourth-order valence-corrected chi connectivity index (χ4v) is 8.28. The number of rotatable bonds is 6. The Morgan fingerprint density at radius 2 is 1.96 bits per heavy atom. The van der Waals surface area contributed by atoms with Crippen LogP contribution >= 0.6 is 15.9 Å². The minimum Gasteiger partial charge on any atom is -0.378 e. The number of Topliss-reactive ketones (excluding diaryl/α,β-unsaturated/α-hetero) is 1. The van der Waals surface area contributed by atoms with Crippen molar-refractivity contribution in [2.75, 3.05) is 11.9 Å². The second-order valence-electron chi connectivity index (χ2n) is 10.7. The summed E-state index contributed by atoms with van der Waals surface area (Å²) in [5, 5.41) is 1.08. The van der Waals surface area contributed by atoms with Crippen molar-refractivity contribution >= 4 is 21.7 Å². The Morgan fingerprint density at radius 3 is 2.71 bits per heavy atom. The lowest BCUT2D eigenvalue weighted by atomic mass is 9.47. The van der Waals surface area contributed by atoms with Crippen LogP contribution in [0.4, 0.5) is 0 Å². The van der Waals surface area contributed by atoms with Crippen LogP contribution in [0.1, 0.15) is 85.0 Å². The van der Waals surface area contributed by atoms with Gasteiger partial charge in [-0.2, -0.15) is 0 Å². The molecule has 0 amide bonds. The normalized spacial score (nSPS) is 45.0. The molecule has 3 heteroatoms. The lowest BCUT2D eigenvalue weighted by Crippen LogP contribution is -2.51. The van der Waals surface area contributed by atoms with Crippen molar-refractivity contribution in [2.24, 2.45) is 34.5 Å². The SMILES string of the molecule is CC(=O)[C@H]1CC[C@H]2[C@@H]3CC=C4CC(OCCCCBr)CC[C@]4(C)[C@H]3CC[C@]12C. The number of carbonyl (C=O) groups excluding carboxylic acids is 1. The fourth-order valence-electron chi connectivity index (χ4n) is 7.88. The smallest absolute Gasteiger partial charge is 0.133 e. The zero-order valence-electron chi connectivity index (χ0n) is 18.1. The van der Waals surface area contributed by atoms with Gasteiger partial charge in [-0.25, -0.2) is 0 Å². The van der Waals surface area contributed by atoms with E-state index in [0.717, 1.165) is 42.5 Å². The van der Waals surface area contributed by atoms with Gasteiger partial charge in [-0.15, -0.1) is 0 Å². The summed E-state index contributed by atoms with van der Waals surface area (Å²) in [7, 11) is 0. The third-order valence-electron chi connectivity index (χ3n) is 9.43. The summed E-state index contributed by atoms with van der Waals surface area (Å²) in [5.41, 5.74) is 2.36. The molecule has 0 radical (unpaired) electrons. The van der Waals surface area contributed by atoms with E-state index in [1.807, 2.05) is 6.92 Å². The molecule has 4 rings (SSSR count). The van der Waals surface area contributed by atoms with E-state index < -0.39 is 0 Å². The Morgan fingerprint density at radius 1 is 1.14 bits per heavy atom. The number of hydrogen-bond acceptors (Lipinski definition) is 2. The number of unbranched alkanes of at least 4 members (excludes halogenated alkanes) is 1. The average molecular weight is 451 g/mol. The average Bonchev–Trinajstić information content (AvgIpc) is 3.03. The first-order chi connectivity index (χ1) is 13.4. The Bertz CT molecular complexity index is 628. The molecule has 4 aliphatic rings. The molecule has 7 atom stereocenters. The summed E-state index contributed by atoms with van der Waals surface area (Å²) in [5.74, 6) is 3.14. The largest absolute Gasteiger partial charge is 0.378 e. The maximum atomic E-state index is 12.3. The van der Waals surface area contributed by atoms with Crippen molar-refractivity contribution in [1.29, 1.82) is 0 Å². The molecule has 0 aliphatic heterocycles. The molecule has 3 fully saturated rings. The van der Waals surface area contributed by atoms with E-state index in [-0.39, 0.29) is 5.41 Å². The first kappa shape index (κ1) is 21.1. The predicted molar refractivity (Wildman–Crippen MR) is 119 cm³/mol. The summed E-state index contributed by atoms with van der Waals surface area (Å²) in [6, 6.07) is 0. The van der Waals surface area contributed by atoms with Gasteiger partial charge in [0.1, 0.15) is 5.78 Å². The topological polar surface area (TPSA) is 26.3 Å². The monoisotopic (exact) mass is 450 g/mol. The molecule has 2 nitrogen and oxygen atoms in total. The molecular weight excluding hydrogens is 412 g/mol. The zero-order valence-corrected chi connectivity index (χ0v) is 19.7. The number of hydrogen-bond donors (Lipinski definition) is 0. The van der Waals surface area contributed by atoms with Crippen molar-refractivity contribution in [3.63, 3.8) is 0 Å². The van der Waals surface area contributed by atoms with Gasteiger partial charge in [-0.05, 0) is 99.7 Å². The number of fused-ring (bicyclic) bond motifs is 5. The molecule has 4 aliphatic carbocycles. The number of carbonyl (C=O) groups is 1. The molecule has 0 aromatic carbocycles. The highest BCUT2D eigenvalue weighted by Gasteiger charge is 2.59. The fraction of sp³-hybridized carbons (Fsp3) is 0.880. The Hall–Kier alpha value is -0.150. The number of allylic oxidation sites excluding steroid dienone is 1. The summed E-state index contributed by atoms with van der Waals surface area (Å²) >= 11 is 3.51. The van der Waals surface area contributed by atoms with E-state index in [9.17, 15) is 4.79 Å². The highest BCUT2D eigenvalue weighted by molar-refractivity contribution is 9.09. The molecule has 0 spiro atoms. The highest BCUT2D eigenvalue weighted by atomic mass is 79.9. The maximum Gasteiger partial charge on any atom is 0.133 e. The molecule has 0 bridgehead atoms. The third-order valence-corrected chi connectivity index (χ3v) is 9.99. The van der Waals surface area contributed by atoms with Gasteiger partial charge in [0.05, 0.1) is 6.10 Å². The summed E-state index contributed by atoms with van der Waals surface area (Å²) < 4.78 is 6.24. The highest BCUT2D eigenvalue weighted by Crippen LogP contribution is 2.66. The van der Waals surface area contributed by atoms with Gasteiger partial charge in [0.25, 0.3) is 0 Å². The lowest BCUT2D eigenvalue weighted by Gasteiger charge is -2.58. The minimum atomic E-state index is 0.268. The van der Waals surface area contributed by atoms with Gasteiger partial charge in [0.2, 0.25) is 0 Å². The second kappa shape index (κ2) is 8.17. The molecule has 0 saturated heterocycles. The third kappa shape index (κ3) is 3.47. The van der Waals surface area contributed by atoms with E-state index in [0.29, 0.717) is 23.2 Å². The predicted octanol–water partition coefficient (Wildman–Crippen LogP) is 6.71. The lowest BCUT2D eigenvalue weighted by molar-refractivity contribution is -0.127. The molecule has 158 valence electrons. The van der Waals surface area contributed by atoms with Crippen LogP contribution in [-0.2, 0) is 9.53 Å². The first-order valence-electron chi connectivity index (χ1n) is 11.8. The zero-order chi connectivity index (χ0) is 19.9. The van der Waals surface area contributed by atoms with E-state index in [1.165, 1.54) is 51.4 Å². The van der Waals surface area contributed by atoms with E-state index in [1.54, 1.807) is 5.57 Å². The second-order valence-corrected chi connectivity index (χ2v) is 11.5. The Kier molecular flexibility index (Phi) is 6.16. The van der Waals surface area contributed by atoms with E-state index in [4.69, 9.17) is 4.74 Å².